The fraction of sp³-hybridized carbons (Fsp3) is 0.947. The van der Waals surface area contributed by atoms with Crippen molar-refractivity contribution in [2.24, 2.45) is 4.99 Å². The number of rotatable bonds is 8. The molecule has 0 aliphatic carbocycles. The normalized spacial score (nSPS) is 27.0. The fourth-order valence-electron chi connectivity index (χ4n) is 4.19. The number of likely N-dealkylation sites (tertiary alicyclic amines) is 1. The lowest BCUT2D eigenvalue weighted by Gasteiger charge is -2.45. The van der Waals surface area contributed by atoms with Gasteiger partial charge >= 0.3 is 0 Å². The van der Waals surface area contributed by atoms with E-state index in [0.29, 0.717) is 6.10 Å². The van der Waals surface area contributed by atoms with Gasteiger partial charge in [0, 0.05) is 52.1 Å². The number of ether oxygens (including phenoxy) is 3. The van der Waals surface area contributed by atoms with Crippen LogP contribution >= 0.6 is 0 Å². The minimum absolute atomic E-state index is 0.220. The Bertz CT molecular complexity index is 429. The van der Waals surface area contributed by atoms with E-state index in [2.05, 4.69) is 20.5 Å². The molecular formula is C19H36N4O3. The summed E-state index contributed by atoms with van der Waals surface area (Å²) in [7, 11) is 1.84. The van der Waals surface area contributed by atoms with Gasteiger partial charge in [-0.1, -0.05) is 0 Å². The van der Waals surface area contributed by atoms with Crippen LogP contribution in [0.2, 0.25) is 0 Å². The summed E-state index contributed by atoms with van der Waals surface area (Å²) in [4.78, 5) is 7.06. The second-order valence-corrected chi connectivity index (χ2v) is 7.59. The third kappa shape index (κ3) is 5.55. The minimum atomic E-state index is 0.220. The SMILES string of the molecule is CN=C(NCCCOC1CCOC1)NCC1(N2CCCC2)CCOCC1. The molecule has 1 unspecified atom stereocenters. The van der Waals surface area contributed by atoms with Gasteiger partial charge in [0.2, 0.25) is 0 Å². The Labute approximate surface area is 157 Å². The Morgan fingerprint density at radius 1 is 1.15 bits per heavy atom. The zero-order chi connectivity index (χ0) is 18.1. The maximum Gasteiger partial charge on any atom is 0.191 e. The molecule has 0 radical (unpaired) electrons. The van der Waals surface area contributed by atoms with Crippen molar-refractivity contribution in [2.45, 2.75) is 50.2 Å². The van der Waals surface area contributed by atoms with Crippen LogP contribution in [0, 0.1) is 0 Å². The van der Waals surface area contributed by atoms with Crippen LogP contribution in [0.5, 0.6) is 0 Å². The molecule has 0 saturated carbocycles. The molecule has 3 fully saturated rings. The molecule has 7 heteroatoms. The molecule has 3 saturated heterocycles. The molecule has 150 valence electrons. The quantitative estimate of drug-likeness (QED) is 0.378. The number of hydrogen-bond acceptors (Lipinski definition) is 5. The van der Waals surface area contributed by atoms with Crippen molar-refractivity contribution in [1.82, 2.24) is 15.5 Å². The summed E-state index contributed by atoms with van der Waals surface area (Å²) in [5, 5.41) is 6.99. The van der Waals surface area contributed by atoms with Crippen molar-refractivity contribution in [3.63, 3.8) is 0 Å². The van der Waals surface area contributed by atoms with E-state index in [1.54, 1.807) is 0 Å². The van der Waals surface area contributed by atoms with Crippen LogP contribution in [0.15, 0.2) is 4.99 Å². The third-order valence-electron chi connectivity index (χ3n) is 5.86. The topological polar surface area (TPSA) is 67.4 Å². The van der Waals surface area contributed by atoms with Gasteiger partial charge in [-0.15, -0.1) is 0 Å². The van der Waals surface area contributed by atoms with Crippen LogP contribution in [-0.4, -0.2) is 88.8 Å². The van der Waals surface area contributed by atoms with Gasteiger partial charge in [-0.05, 0) is 51.6 Å². The number of nitrogens with one attached hydrogen (secondary N) is 2. The molecule has 26 heavy (non-hydrogen) atoms. The Kier molecular flexibility index (Phi) is 7.98. The molecule has 7 nitrogen and oxygen atoms in total. The molecule has 0 aromatic carbocycles. The molecule has 3 rings (SSSR count). The van der Waals surface area contributed by atoms with Gasteiger partial charge in [-0.25, -0.2) is 0 Å². The van der Waals surface area contributed by atoms with Crippen LogP contribution in [0.1, 0.15) is 38.5 Å². The predicted octanol–water partition coefficient (Wildman–Crippen LogP) is 0.992. The summed E-state index contributed by atoms with van der Waals surface area (Å²) in [5.74, 6) is 0.888. The zero-order valence-electron chi connectivity index (χ0n) is 16.3. The minimum Gasteiger partial charge on any atom is -0.381 e. The average Bonchev–Trinajstić information content (AvgIpc) is 3.39. The van der Waals surface area contributed by atoms with Crippen molar-refractivity contribution in [1.29, 1.82) is 0 Å². The van der Waals surface area contributed by atoms with Crippen LogP contribution in [-0.2, 0) is 14.2 Å². The smallest absolute Gasteiger partial charge is 0.191 e. The Hall–Kier alpha value is -0.890. The van der Waals surface area contributed by atoms with E-state index in [-0.39, 0.29) is 5.54 Å². The van der Waals surface area contributed by atoms with E-state index < -0.39 is 0 Å². The number of guanidine groups is 1. The molecule has 0 aromatic heterocycles. The third-order valence-corrected chi connectivity index (χ3v) is 5.86. The average molecular weight is 369 g/mol. The predicted molar refractivity (Wildman–Crippen MR) is 103 cm³/mol. The summed E-state index contributed by atoms with van der Waals surface area (Å²) >= 11 is 0. The standard InChI is InChI=1S/C19H36N4O3/c1-20-18(21-8-4-11-26-17-5-12-25-15-17)22-16-19(6-13-24-14-7-19)23-9-2-3-10-23/h17H,2-16H2,1H3,(H2,20,21,22). The number of aliphatic imine (C=N–C) groups is 1. The lowest BCUT2D eigenvalue weighted by molar-refractivity contribution is -0.0164. The summed E-state index contributed by atoms with van der Waals surface area (Å²) in [6.07, 6.45) is 7.15. The van der Waals surface area contributed by atoms with Gasteiger partial charge in [-0.2, -0.15) is 0 Å². The second kappa shape index (κ2) is 10.4. The van der Waals surface area contributed by atoms with E-state index in [4.69, 9.17) is 14.2 Å². The largest absolute Gasteiger partial charge is 0.381 e. The summed E-state index contributed by atoms with van der Waals surface area (Å²) in [6.45, 7) is 8.33. The van der Waals surface area contributed by atoms with E-state index in [9.17, 15) is 0 Å². The number of nitrogens with zero attached hydrogens (tertiary/aromatic N) is 2. The van der Waals surface area contributed by atoms with Crippen molar-refractivity contribution in [3.8, 4) is 0 Å². The van der Waals surface area contributed by atoms with Gasteiger partial charge in [0.25, 0.3) is 0 Å². The van der Waals surface area contributed by atoms with Crippen molar-refractivity contribution >= 4 is 5.96 Å². The van der Waals surface area contributed by atoms with E-state index in [1.807, 2.05) is 7.05 Å². The van der Waals surface area contributed by atoms with Crippen LogP contribution < -0.4 is 10.6 Å². The van der Waals surface area contributed by atoms with Crippen molar-refractivity contribution in [2.75, 3.05) is 66.3 Å². The fourth-order valence-corrected chi connectivity index (χ4v) is 4.19. The highest BCUT2D eigenvalue weighted by Crippen LogP contribution is 2.30. The summed E-state index contributed by atoms with van der Waals surface area (Å²) in [5.41, 5.74) is 0.220. The molecular weight excluding hydrogens is 332 g/mol. The van der Waals surface area contributed by atoms with Crippen LogP contribution in [0.4, 0.5) is 0 Å². The molecule has 0 bridgehead atoms. The lowest BCUT2D eigenvalue weighted by atomic mass is 9.88. The lowest BCUT2D eigenvalue weighted by Crippen LogP contribution is -2.58. The van der Waals surface area contributed by atoms with Crippen molar-refractivity contribution < 1.29 is 14.2 Å². The highest BCUT2D eigenvalue weighted by molar-refractivity contribution is 5.79. The first-order valence-corrected chi connectivity index (χ1v) is 10.3. The molecule has 1 atom stereocenters. The van der Waals surface area contributed by atoms with E-state index in [1.165, 1.54) is 25.9 Å². The molecule has 3 aliphatic rings. The van der Waals surface area contributed by atoms with Gasteiger partial charge in [0.05, 0.1) is 12.7 Å². The molecule has 0 aromatic rings. The highest BCUT2D eigenvalue weighted by atomic mass is 16.5. The monoisotopic (exact) mass is 368 g/mol. The molecule has 0 spiro atoms. The first kappa shape index (κ1) is 19.9. The maximum atomic E-state index is 5.81. The molecule has 2 N–H and O–H groups in total. The number of hydrogen-bond donors (Lipinski definition) is 2. The van der Waals surface area contributed by atoms with Gasteiger partial charge in [0.15, 0.2) is 5.96 Å². The molecule has 3 heterocycles. The van der Waals surface area contributed by atoms with Gasteiger partial charge < -0.3 is 24.8 Å². The highest BCUT2D eigenvalue weighted by Gasteiger charge is 2.39. The van der Waals surface area contributed by atoms with Gasteiger partial charge in [0.1, 0.15) is 0 Å². The Morgan fingerprint density at radius 2 is 1.96 bits per heavy atom. The summed E-state index contributed by atoms with van der Waals surface area (Å²) < 4.78 is 16.8. The van der Waals surface area contributed by atoms with Crippen LogP contribution in [0.3, 0.4) is 0 Å². The maximum absolute atomic E-state index is 5.81. The zero-order valence-corrected chi connectivity index (χ0v) is 16.3. The van der Waals surface area contributed by atoms with Crippen LogP contribution in [0.25, 0.3) is 0 Å². The van der Waals surface area contributed by atoms with E-state index >= 15 is 0 Å². The van der Waals surface area contributed by atoms with E-state index in [0.717, 1.165) is 77.8 Å². The first-order valence-electron chi connectivity index (χ1n) is 10.3. The molecule has 0 amide bonds. The first-order chi connectivity index (χ1) is 12.8. The Balaban J connectivity index is 1.37. The van der Waals surface area contributed by atoms with Gasteiger partial charge in [-0.3, -0.25) is 9.89 Å². The van der Waals surface area contributed by atoms with Crippen molar-refractivity contribution in [3.05, 3.63) is 0 Å². The molecule has 3 aliphatic heterocycles. The Morgan fingerprint density at radius 3 is 2.65 bits per heavy atom. The summed E-state index contributed by atoms with van der Waals surface area (Å²) in [6, 6.07) is 0. The second-order valence-electron chi connectivity index (χ2n) is 7.59.